The second-order valence-corrected chi connectivity index (χ2v) is 4.52. The standard InChI is InChI=1S/C12H21N3/c1-11(15-7-4-13-5-8-15)9-12-3-6-14(2)10-12/h3,6,10-11,13H,4-5,7-9H2,1-2H3. The minimum atomic E-state index is 0.662. The van der Waals surface area contributed by atoms with Gasteiger partial charge in [-0.3, -0.25) is 4.90 Å². The highest BCUT2D eigenvalue weighted by Gasteiger charge is 2.16. The lowest BCUT2D eigenvalue weighted by Crippen LogP contribution is -2.48. The van der Waals surface area contributed by atoms with Crippen molar-refractivity contribution >= 4 is 0 Å². The van der Waals surface area contributed by atoms with E-state index in [9.17, 15) is 0 Å². The Bertz CT molecular complexity index is 300. The maximum absolute atomic E-state index is 3.39. The summed E-state index contributed by atoms with van der Waals surface area (Å²) in [5.41, 5.74) is 1.45. The van der Waals surface area contributed by atoms with Crippen LogP contribution in [0.4, 0.5) is 0 Å². The number of hydrogen-bond acceptors (Lipinski definition) is 2. The summed E-state index contributed by atoms with van der Waals surface area (Å²) in [6, 6.07) is 2.88. The molecule has 0 amide bonds. The smallest absolute Gasteiger partial charge is 0.0110 e. The zero-order valence-electron chi connectivity index (χ0n) is 9.74. The summed E-state index contributed by atoms with van der Waals surface area (Å²) >= 11 is 0. The molecule has 1 N–H and O–H groups in total. The Balaban J connectivity index is 1.88. The van der Waals surface area contributed by atoms with E-state index < -0.39 is 0 Å². The predicted octanol–water partition coefficient (Wildman–Crippen LogP) is 0.861. The first-order valence-corrected chi connectivity index (χ1v) is 5.81. The van der Waals surface area contributed by atoms with Gasteiger partial charge in [-0.1, -0.05) is 0 Å². The van der Waals surface area contributed by atoms with E-state index in [1.807, 2.05) is 0 Å². The molecule has 1 atom stereocenters. The zero-order chi connectivity index (χ0) is 10.7. The van der Waals surface area contributed by atoms with Gasteiger partial charge in [0.1, 0.15) is 0 Å². The molecule has 1 aliphatic heterocycles. The monoisotopic (exact) mass is 207 g/mol. The van der Waals surface area contributed by atoms with E-state index in [1.165, 1.54) is 25.1 Å². The van der Waals surface area contributed by atoms with Gasteiger partial charge in [-0.05, 0) is 25.0 Å². The third-order valence-corrected chi connectivity index (χ3v) is 3.20. The number of piperazine rings is 1. The molecule has 0 spiro atoms. The van der Waals surface area contributed by atoms with Gasteiger partial charge < -0.3 is 9.88 Å². The predicted molar refractivity (Wildman–Crippen MR) is 63.0 cm³/mol. The molecule has 0 aromatic carbocycles. The Hall–Kier alpha value is -0.800. The molecular formula is C12H21N3. The fourth-order valence-electron chi connectivity index (χ4n) is 2.27. The highest BCUT2D eigenvalue weighted by atomic mass is 15.2. The summed E-state index contributed by atoms with van der Waals surface area (Å²) in [4.78, 5) is 2.57. The van der Waals surface area contributed by atoms with Crippen molar-refractivity contribution in [1.82, 2.24) is 14.8 Å². The van der Waals surface area contributed by atoms with Crippen LogP contribution in [-0.2, 0) is 13.5 Å². The van der Waals surface area contributed by atoms with Crippen LogP contribution in [0.2, 0.25) is 0 Å². The molecule has 1 aromatic heterocycles. The van der Waals surface area contributed by atoms with Crippen LogP contribution in [0.25, 0.3) is 0 Å². The number of hydrogen-bond donors (Lipinski definition) is 1. The second-order valence-electron chi connectivity index (χ2n) is 4.52. The molecular weight excluding hydrogens is 186 g/mol. The molecule has 15 heavy (non-hydrogen) atoms. The highest BCUT2D eigenvalue weighted by Crippen LogP contribution is 2.09. The van der Waals surface area contributed by atoms with Gasteiger partial charge in [-0.2, -0.15) is 0 Å². The molecule has 2 rings (SSSR count). The van der Waals surface area contributed by atoms with Crippen molar-refractivity contribution in [3.63, 3.8) is 0 Å². The quantitative estimate of drug-likeness (QED) is 0.793. The van der Waals surface area contributed by atoms with Crippen LogP contribution in [0.15, 0.2) is 18.5 Å². The highest BCUT2D eigenvalue weighted by molar-refractivity contribution is 5.11. The molecule has 1 unspecified atom stereocenters. The van der Waals surface area contributed by atoms with Crippen LogP contribution < -0.4 is 5.32 Å². The molecule has 1 aromatic rings. The summed E-state index contributed by atoms with van der Waals surface area (Å²) in [6.45, 7) is 6.98. The fraction of sp³-hybridized carbons (Fsp3) is 0.667. The average molecular weight is 207 g/mol. The number of aryl methyl sites for hydroxylation is 1. The molecule has 3 heteroatoms. The molecule has 0 bridgehead atoms. The first-order valence-electron chi connectivity index (χ1n) is 5.81. The van der Waals surface area contributed by atoms with Crippen molar-refractivity contribution in [1.29, 1.82) is 0 Å². The van der Waals surface area contributed by atoms with Gasteiger partial charge in [0.05, 0.1) is 0 Å². The largest absolute Gasteiger partial charge is 0.357 e. The number of nitrogens with one attached hydrogen (secondary N) is 1. The zero-order valence-corrected chi connectivity index (χ0v) is 9.74. The molecule has 1 aliphatic rings. The summed E-state index contributed by atoms with van der Waals surface area (Å²) in [5, 5.41) is 3.39. The normalized spacial score (nSPS) is 20.4. The fourth-order valence-corrected chi connectivity index (χ4v) is 2.27. The van der Waals surface area contributed by atoms with Gasteiger partial charge >= 0.3 is 0 Å². The first kappa shape index (κ1) is 10.7. The Labute approximate surface area is 92.1 Å². The number of aromatic nitrogens is 1. The molecule has 0 aliphatic carbocycles. The van der Waals surface area contributed by atoms with Crippen LogP contribution in [0.1, 0.15) is 12.5 Å². The third kappa shape index (κ3) is 2.83. The van der Waals surface area contributed by atoms with E-state index >= 15 is 0 Å². The molecule has 3 nitrogen and oxygen atoms in total. The lowest BCUT2D eigenvalue weighted by molar-refractivity contribution is 0.183. The lowest BCUT2D eigenvalue weighted by atomic mass is 10.1. The van der Waals surface area contributed by atoms with Crippen LogP contribution >= 0.6 is 0 Å². The maximum Gasteiger partial charge on any atom is 0.0110 e. The van der Waals surface area contributed by atoms with Gasteiger partial charge in [0.2, 0.25) is 0 Å². The SMILES string of the molecule is CC(Cc1ccn(C)c1)N1CCNCC1. The number of rotatable bonds is 3. The Morgan fingerprint density at radius 2 is 2.13 bits per heavy atom. The van der Waals surface area contributed by atoms with Crippen LogP contribution in [0.3, 0.4) is 0 Å². The van der Waals surface area contributed by atoms with Crippen molar-refractivity contribution in [3.8, 4) is 0 Å². The summed E-state index contributed by atoms with van der Waals surface area (Å²) in [7, 11) is 2.08. The summed E-state index contributed by atoms with van der Waals surface area (Å²) in [6.07, 6.45) is 5.51. The average Bonchev–Trinajstić information content (AvgIpc) is 2.65. The lowest BCUT2D eigenvalue weighted by Gasteiger charge is -2.32. The molecule has 84 valence electrons. The second kappa shape index (κ2) is 4.81. The van der Waals surface area contributed by atoms with Crippen LogP contribution in [0.5, 0.6) is 0 Å². The van der Waals surface area contributed by atoms with Crippen molar-refractivity contribution < 1.29 is 0 Å². The maximum atomic E-state index is 3.39. The number of nitrogens with zero attached hydrogens (tertiary/aromatic N) is 2. The molecule has 0 radical (unpaired) electrons. The summed E-state index contributed by atoms with van der Waals surface area (Å²) < 4.78 is 2.12. The minimum absolute atomic E-state index is 0.662. The van der Waals surface area contributed by atoms with Crippen molar-refractivity contribution in [2.24, 2.45) is 7.05 Å². The minimum Gasteiger partial charge on any atom is -0.357 e. The van der Waals surface area contributed by atoms with E-state index in [0.717, 1.165) is 13.1 Å². The van der Waals surface area contributed by atoms with Gasteiger partial charge in [0, 0.05) is 51.7 Å². The Morgan fingerprint density at radius 3 is 2.73 bits per heavy atom. The molecule has 0 saturated carbocycles. The van der Waals surface area contributed by atoms with E-state index in [2.05, 4.69) is 47.2 Å². The van der Waals surface area contributed by atoms with Crippen LogP contribution in [-0.4, -0.2) is 41.7 Å². The van der Waals surface area contributed by atoms with E-state index in [0.29, 0.717) is 6.04 Å². The van der Waals surface area contributed by atoms with Crippen molar-refractivity contribution in [2.75, 3.05) is 26.2 Å². The van der Waals surface area contributed by atoms with E-state index in [4.69, 9.17) is 0 Å². The van der Waals surface area contributed by atoms with Crippen molar-refractivity contribution in [3.05, 3.63) is 24.0 Å². The first-order chi connectivity index (χ1) is 7.25. The van der Waals surface area contributed by atoms with E-state index in [1.54, 1.807) is 0 Å². The molecule has 2 heterocycles. The Morgan fingerprint density at radius 1 is 1.40 bits per heavy atom. The molecule has 1 fully saturated rings. The topological polar surface area (TPSA) is 20.2 Å². The third-order valence-electron chi connectivity index (χ3n) is 3.20. The summed E-state index contributed by atoms with van der Waals surface area (Å²) in [5.74, 6) is 0. The van der Waals surface area contributed by atoms with Crippen LogP contribution in [0, 0.1) is 0 Å². The Kier molecular flexibility index (Phi) is 3.44. The van der Waals surface area contributed by atoms with Gasteiger partial charge in [-0.15, -0.1) is 0 Å². The van der Waals surface area contributed by atoms with Gasteiger partial charge in [-0.25, -0.2) is 0 Å². The molecule has 1 saturated heterocycles. The van der Waals surface area contributed by atoms with E-state index in [-0.39, 0.29) is 0 Å². The van der Waals surface area contributed by atoms with Gasteiger partial charge in [0.15, 0.2) is 0 Å². The van der Waals surface area contributed by atoms with Gasteiger partial charge in [0.25, 0.3) is 0 Å². The van der Waals surface area contributed by atoms with Crippen molar-refractivity contribution in [2.45, 2.75) is 19.4 Å².